The van der Waals surface area contributed by atoms with Gasteiger partial charge in [0.2, 0.25) is 0 Å². The first-order valence-corrected chi connectivity index (χ1v) is 11.5. The zero-order valence-electron chi connectivity index (χ0n) is 19.5. The smallest absolute Gasteiger partial charge is 0.160 e. The molecule has 33 heavy (non-hydrogen) atoms. The number of nitrogens with zero attached hydrogens (tertiary/aromatic N) is 3. The molecule has 8 nitrogen and oxygen atoms in total. The number of aromatic nitrogens is 3. The van der Waals surface area contributed by atoms with Crippen LogP contribution in [-0.4, -0.2) is 52.7 Å². The largest absolute Gasteiger partial charge is 0.491 e. The van der Waals surface area contributed by atoms with E-state index in [1.807, 2.05) is 38.1 Å². The van der Waals surface area contributed by atoms with Gasteiger partial charge in [0.15, 0.2) is 5.82 Å². The van der Waals surface area contributed by atoms with Crippen molar-refractivity contribution in [3.05, 3.63) is 47.0 Å². The van der Waals surface area contributed by atoms with Crippen LogP contribution >= 0.6 is 0 Å². The molecule has 1 fully saturated rings. The second-order valence-electron chi connectivity index (χ2n) is 8.65. The summed E-state index contributed by atoms with van der Waals surface area (Å²) in [7, 11) is 0. The molecule has 1 aliphatic rings. The van der Waals surface area contributed by atoms with E-state index in [9.17, 15) is 5.11 Å². The van der Waals surface area contributed by atoms with Crippen LogP contribution in [0.2, 0.25) is 0 Å². The summed E-state index contributed by atoms with van der Waals surface area (Å²) in [5, 5.41) is 13.9. The standard InChI is InChI=1S/C25H32N4O4/c1-15-22(11-18-7-9-31-10-8-18)27-25(28-24(15)23-16(2)29-33-17(23)3)19-5-4-6-21(12-19)32-14-20(30)13-26/h4-6,12,18,20,30H,7-11,13-14,26H2,1-3H3. The van der Waals surface area contributed by atoms with Gasteiger partial charge in [-0.3, -0.25) is 0 Å². The summed E-state index contributed by atoms with van der Waals surface area (Å²) in [6, 6.07) is 7.60. The lowest BCUT2D eigenvalue weighted by molar-refractivity contribution is 0.0662. The van der Waals surface area contributed by atoms with Crippen molar-refractivity contribution < 1.29 is 19.1 Å². The number of hydrogen-bond donors (Lipinski definition) is 2. The fourth-order valence-corrected chi connectivity index (χ4v) is 4.16. The van der Waals surface area contributed by atoms with Gasteiger partial charge in [0, 0.05) is 31.0 Å². The fourth-order valence-electron chi connectivity index (χ4n) is 4.16. The van der Waals surface area contributed by atoms with Gasteiger partial charge in [-0.25, -0.2) is 9.97 Å². The lowest BCUT2D eigenvalue weighted by atomic mass is 9.92. The van der Waals surface area contributed by atoms with Crippen LogP contribution in [0.25, 0.3) is 22.6 Å². The Morgan fingerprint density at radius 2 is 1.97 bits per heavy atom. The van der Waals surface area contributed by atoms with E-state index in [1.165, 1.54) is 0 Å². The maximum Gasteiger partial charge on any atom is 0.160 e. The maximum absolute atomic E-state index is 9.72. The van der Waals surface area contributed by atoms with Crippen molar-refractivity contribution in [1.29, 1.82) is 0 Å². The maximum atomic E-state index is 9.72. The SMILES string of the molecule is Cc1noc(C)c1-c1nc(-c2cccc(OCC(O)CN)c2)nc(CC2CCOCC2)c1C. The van der Waals surface area contributed by atoms with Gasteiger partial charge in [-0.15, -0.1) is 0 Å². The monoisotopic (exact) mass is 452 g/mol. The number of aliphatic hydroxyl groups is 1. The van der Waals surface area contributed by atoms with E-state index >= 15 is 0 Å². The van der Waals surface area contributed by atoms with E-state index in [4.69, 9.17) is 29.7 Å². The Bertz CT molecular complexity index is 1070. The molecule has 0 saturated carbocycles. The molecule has 1 aromatic carbocycles. The highest BCUT2D eigenvalue weighted by Gasteiger charge is 2.23. The molecule has 1 atom stereocenters. The Morgan fingerprint density at radius 1 is 1.18 bits per heavy atom. The molecule has 3 aromatic rings. The van der Waals surface area contributed by atoms with Crippen molar-refractivity contribution in [2.24, 2.45) is 11.7 Å². The van der Waals surface area contributed by atoms with Crippen LogP contribution in [0.1, 0.15) is 35.6 Å². The van der Waals surface area contributed by atoms with Gasteiger partial charge in [0.05, 0.1) is 17.0 Å². The molecule has 0 amide bonds. The molecule has 4 rings (SSSR count). The molecular weight excluding hydrogens is 420 g/mol. The number of ether oxygens (including phenoxy) is 2. The fraction of sp³-hybridized carbons (Fsp3) is 0.480. The number of aryl methyl sites for hydroxylation is 2. The van der Waals surface area contributed by atoms with E-state index in [-0.39, 0.29) is 13.2 Å². The van der Waals surface area contributed by atoms with Crippen molar-refractivity contribution in [1.82, 2.24) is 15.1 Å². The van der Waals surface area contributed by atoms with Crippen molar-refractivity contribution in [2.75, 3.05) is 26.4 Å². The average molecular weight is 453 g/mol. The Kier molecular flexibility index (Phi) is 7.37. The molecule has 1 aliphatic heterocycles. The highest BCUT2D eigenvalue weighted by atomic mass is 16.5. The zero-order chi connectivity index (χ0) is 23.4. The second kappa shape index (κ2) is 10.4. The minimum Gasteiger partial charge on any atom is -0.491 e. The van der Waals surface area contributed by atoms with Crippen LogP contribution in [0.3, 0.4) is 0 Å². The van der Waals surface area contributed by atoms with Crippen LogP contribution in [0.15, 0.2) is 28.8 Å². The molecule has 176 valence electrons. The molecule has 0 bridgehead atoms. The van der Waals surface area contributed by atoms with Crippen molar-refractivity contribution in [2.45, 2.75) is 46.1 Å². The first-order valence-electron chi connectivity index (χ1n) is 11.5. The van der Waals surface area contributed by atoms with Crippen molar-refractivity contribution >= 4 is 0 Å². The van der Waals surface area contributed by atoms with Crippen LogP contribution in [0.5, 0.6) is 5.75 Å². The first-order chi connectivity index (χ1) is 16.0. The van der Waals surface area contributed by atoms with Crippen LogP contribution in [0.4, 0.5) is 0 Å². The number of benzene rings is 1. The third-order valence-corrected chi connectivity index (χ3v) is 6.15. The number of aliphatic hydroxyl groups excluding tert-OH is 1. The summed E-state index contributed by atoms with van der Waals surface area (Å²) in [5.74, 6) is 2.53. The first kappa shape index (κ1) is 23.4. The van der Waals surface area contributed by atoms with Crippen LogP contribution in [-0.2, 0) is 11.2 Å². The third-order valence-electron chi connectivity index (χ3n) is 6.15. The summed E-state index contributed by atoms with van der Waals surface area (Å²) < 4.78 is 16.7. The van der Waals surface area contributed by atoms with Gasteiger partial charge in [-0.1, -0.05) is 17.3 Å². The van der Waals surface area contributed by atoms with E-state index in [0.717, 1.165) is 72.0 Å². The minimum atomic E-state index is -0.707. The van der Waals surface area contributed by atoms with Gasteiger partial charge in [-0.2, -0.15) is 0 Å². The van der Waals surface area contributed by atoms with Crippen molar-refractivity contribution in [3.8, 4) is 28.4 Å². The Labute approximate surface area is 194 Å². The lowest BCUT2D eigenvalue weighted by Gasteiger charge is -2.23. The van der Waals surface area contributed by atoms with E-state index in [0.29, 0.717) is 17.5 Å². The summed E-state index contributed by atoms with van der Waals surface area (Å²) in [4.78, 5) is 9.94. The predicted molar refractivity (Wildman–Crippen MR) is 125 cm³/mol. The summed E-state index contributed by atoms with van der Waals surface area (Å²) in [5.41, 5.74) is 11.0. The highest BCUT2D eigenvalue weighted by Crippen LogP contribution is 2.33. The molecule has 3 N–H and O–H groups in total. The Morgan fingerprint density at radius 3 is 2.67 bits per heavy atom. The van der Waals surface area contributed by atoms with Gasteiger partial charge < -0.3 is 24.8 Å². The van der Waals surface area contributed by atoms with Gasteiger partial charge >= 0.3 is 0 Å². The molecule has 0 radical (unpaired) electrons. The number of nitrogens with two attached hydrogens (primary N) is 1. The Hall–Kier alpha value is -2.81. The summed E-state index contributed by atoms with van der Waals surface area (Å²) in [6.07, 6.45) is 2.24. The molecule has 0 spiro atoms. The lowest BCUT2D eigenvalue weighted by Crippen LogP contribution is -2.26. The minimum absolute atomic E-state index is 0.133. The second-order valence-corrected chi connectivity index (χ2v) is 8.65. The van der Waals surface area contributed by atoms with E-state index in [2.05, 4.69) is 12.1 Å². The van der Waals surface area contributed by atoms with Gasteiger partial charge in [0.25, 0.3) is 0 Å². The predicted octanol–water partition coefficient (Wildman–Crippen LogP) is 3.39. The van der Waals surface area contributed by atoms with Gasteiger partial charge in [-0.05, 0) is 63.6 Å². The van der Waals surface area contributed by atoms with E-state index < -0.39 is 6.10 Å². The van der Waals surface area contributed by atoms with Crippen LogP contribution < -0.4 is 10.5 Å². The van der Waals surface area contributed by atoms with Gasteiger partial charge in [0.1, 0.15) is 24.2 Å². The molecule has 0 aliphatic carbocycles. The van der Waals surface area contributed by atoms with Crippen molar-refractivity contribution in [3.63, 3.8) is 0 Å². The topological polar surface area (TPSA) is 117 Å². The molecule has 1 saturated heterocycles. The average Bonchev–Trinajstić information content (AvgIpc) is 3.17. The number of rotatable bonds is 8. The number of hydrogen-bond acceptors (Lipinski definition) is 8. The highest BCUT2D eigenvalue weighted by molar-refractivity contribution is 5.71. The third kappa shape index (κ3) is 5.40. The molecule has 1 unspecified atom stereocenters. The molecule has 3 heterocycles. The van der Waals surface area contributed by atoms with E-state index in [1.54, 1.807) is 0 Å². The zero-order valence-corrected chi connectivity index (χ0v) is 19.5. The molecule has 8 heteroatoms. The molecule has 2 aromatic heterocycles. The summed E-state index contributed by atoms with van der Waals surface area (Å²) in [6.45, 7) is 7.80. The molecular formula is C25H32N4O4. The van der Waals surface area contributed by atoms with Crippen LogP contribution in [0, 0.1) is 26.7 Å². The quantitative estimate of drug-likeness (QED) is 0.534. The Balaban J connectivity index is 1.74. The normalized spacial score (nSPS) is 15.5. The summed E-state index contributed by atoms with van der Waals surface area (Å²) >= 11 is 0.